The molecule has 0 radical (unpaired) electrons. The highest BCUT2D eigenvalue weighted by molar-refractivity contribution is 5.76. The number of rotatable bonds is 8. The summed E-state index contributed by atoms with van der Waals surface area (Å²) in [4.78, 5) is 19.1. The van der Waals surface area contributed by atoms with Crippen LogP contribution in [0.4, 0.5) is 4.39 Å². The van der Waals surface area contributed by atoms with E-state index in [1.54, 1.807) is 19.1 Å². The third kappa shape index (κ3) is 6.48. The second kappa shape index (κ2) is 10.7. The summed E-state index contributed by atoms with van der Waals surface area (Å²) in [5.74, 6) is 1.28. The lowest BCUT2D eigenvalue weighted by Gasteiger charge is -2.30. The SMILES string of the molecule is Cc1cc(-c2noc(CCC(=O)NCc3ccc(CN4CCC(C)CC4)cc3)n2)ccc1F. The minimum atomic E-state index is -0.273. The topological polar surface area (TPSA) is 71.3 Å². The maximum atomic E-state index is 13.4. The third-order valence-corrected chi connectivity index (χ3v) is 6.25. The Morgan fingerprint density at radius 1 is 1.15 bits per heavy atom. The van der Waals surface area contributed by atoms with Crippen molar-refractivity contribution in [2.45, 2.75) is 52.6 Å². The molecule has 1 amide bonds. The van der Waals surface area contributed by atoms with Crippen LogP contribution in [0.15, 0.2) is 47.0 Å². The molecule has 7 heteroatoms. The normalized spacial score (nSPS) is 15.0. The summed E-state index contributed by atoms with van der Waals surface area (Å²) >= 11 is 0. The molecule has 6 nitrogen and oxygen atoms in total. The second-order valence-electron chi connectivity index (χ2n) is 9.03. The van der Waals surface area contributed by atoms with E-state index in [1.165, 1.54) is 37.6 Å². The van der Waals surface area contributed by atoms with Gasteiger partial charge in [0, 0.05) is 31.5 Å². The molecule has 1 fully saturated rings. The number of benzene rings is 2. The number of carbonyl (C=O) groups excluding carboxylic acids is 1. The maximum Gasteiger partial charge on any atom is 0.227 e. The van der Waals surface area contributed by atoms with E-state index in [9.17, 15) is 9.18 Å². The van der Waals surface area contributed by atoms with Gasteiger partial charge in [0.05, 0.1) is 0 Å². The highest BCUT2D eigenvalue weighted by Gasteiger charge is 2.16. The lowest BCUT2D eigenvalue weighted by atomic mass is 9.99. The summed E-state index contributed by atoms with van der Waals surface area (Å²) in [5, 5.41) is 6.88. The van der Waals surface area contributed by atoms with Gasteiger partial charge in [-0.05, 0) is 73.7 Å². The van der Waals surface area contributed by atoms with Crippen molar-refractivity contribution >= 4 is 5.91 Å². The number of aryl methyl sites for hydroxylation is 2. The fourth-order valence-electron chi connectivity index (χ4n) is 4.01. The first-order valence-corrected chi connectivity index (χ1v) is 11.6. The monoisotopic (exact) mass is 450 g/mol. The molecule has 0 saturated carbocycles. The molecule has 1 saturated heterocycles. The lowest BCUT2D eigenvalue weighted by molar-refractivity contribution is -0.121. The molecule has 174 valence electrons. The van der Waals surface area contributed by atoms with Crippen LogP contribution in [0.25, 0.3) is 11.4 Å². The fourth-order valence-corrected chi connectivity index (χ4v) is 4.01. The molecule has 0 unspecified atom stereocenters. The molecule has 1 aliphatic heterocycles. The Balaban J connectivity index is 1.20. The quantitative estimate of drug-likeness (QED) is 0.540. The summed E-state index contributed by atoms with van der Waals surface area (Å²) in [5.41, 5.74) is 3.59. The van der Waals surface area contributed by atoms with Crippen LogP contribution in [0.5, 0.6) is 0 Å². The van der Waals surface area contributed by atoms with E-state index in [4.69, 9.17) is 4.52 Å². The molecule has 2 aromatic carbocycles. The highest BCUT2D eigenvalue weighted by Crippen LogP contribution is 2.20. The van der Waals surface area contributed by atoms with E-state index < -0.39 is 0 Å². The van der Waals surface area contributed by atoms with Crippen LogP contribution in [0, 0.1) is 18.7 Å². The zero-order valence-electron chi connectivity index (χ0n) is 19.3. The third-order valence-electron chi connectivity index (χ3n) is 6.25. The van der Waals surface area contributed by atoms with Crippen LogP contribution >= 0.6 is 0 Å². The zero-order valence-corrected chi connectivity index (χ0v) is 19.3. The first kappa shape index (κ1) is 23.1. The Morgan fingerprint density at radius 2 is 1.88 bits per heavy atom. The molecule has 0 aliphatic carbocycles. The molecule has 2 heterocycles. The minimum Gasteiger partial charge on any atom is -0.352 e. The first-order valence-electron chi connectivity index (χ1n) is 11.6. The van der Waals surface area contributed by atoms with Crippen molar-refractivity contribution < 1.29 is 13.7 Å². The van der Waals surface area contributed by atoms with Gasteiger partial charge in [-0.1, -0.05) is 36.3 Å². The summed E-state index contributed by atoms with van der Waals surface area (Å²) in [7, 11) is 0. The van der Waals surface area contributed by atoms with E-state index in [0.717, 1.165) is 18.0 Å². The number of carbonyl (C=O) groups is 1. The smallest absolute Gasteiger partial charge is 0.227 e. The summed E-state index contributed by atoms with van der Waals surface area (Å²) in [6, 6.07) is 13.1. The van der Waals surface area contributed by atoms with Crippen molar-refractivity contribution in [3.63, 3.8) is 0 Å². The average Bonchev–Trinajstić information content (AvgIpc) is 3.30. The molecular weight excluding hydrogens is 419 g/mol. The molecule has 1 N–H and O–H groups in total. The van der Waals surface area contributed by atoms with Gasteiger partial charge in [-0.15, -0.1) is 0 Å². The molecule has 1 aromatic heterocycles. The Bertz CT molecular complexity index is 1070. The van der Waals surface area contributed by atoms with Gasteiger partial charge in [0.15, 0.2) is 0 Å². The Kier molecular flexibility index (Phi) is 7.50. The van der Waals surface area contributed by atoms with Crippen LogP contribution in [0.2, 0.25) is 0 Å². The summed E-state index contributed by atoms with van der Waals surface area (Å²) < 4.78 is 18.7. The number of nitrogens with one attached hydrogen (secondary N) is 1. The van der Waals surface area contributed by atoms with Crippen molar-refractivity contribution in [2.75, 3.05) is 13.1 Å². The molecule has 0 spiro atoms. The van der Waals surface area contributed by atoms with Crippen molar-refractivity contribution in [1.29, 1.82) is 0 Å². The van der Waals surface area contributed by atoms with Crippen LogP contribution in [0.1, 0.15) is 48.8 Å². The molecule has 1 aliphatic rings. The van der Waals surface area contributed by atoms with Gasteiger partial charge in [-0.3, -0.25) is 9.69 Å². The molecule has 33 heavy (non-hydrogen) atoms. The van der Waals surface area contributed by atoms with Crippen molar-refractivity contribution in [1.82, 2.24) is 20.4 Å². The Labute approximate surface area is 194 Å². The van der Waals surface area contributed by atoms with Crippen LogP contribution in [-0.2, 0) is 24.3 Å². The molecule has 0 bridgehead atoms. The first-order chi connectivity index (χ1) is 16.0. The van der Waals surface area contributed by atoms with Gasteiger partial charge in [-0.2, -0.15) is 4.98 Å². The second-order valence-corrected chi connectivity index (χ2v) is 9.03. The Hall–Kier alpha value is -3.06. The summed E-state index contributed by atoms with van der Waals surface area (Å²) in [6.07, 6.45) is 3.17. The lowest BCUT2D eigenvalue weighted by Crippen LogP contribution is -2.32. The number of nitrogens with zero attached hydrogens (tertiary/aromatic N) is 3. The van der Waals surface area contributed by atoms with Crippen LogP contribution in [0.3, 0.4) is 0 Å². The van der Waals surface area contributed by atoms with Crippen LogP contribution < -0.4 is 5.32 Å². The largest absolute Gasteiger partial charge is 0.352 e. The molecular formula is C26H31FN4O2. The van der Waals surface area contributed by atoms with Gasteiger partial charge in [0.2, 0.25) is 17.6 Å². The number of hydrogen-bond donors (Lipinski definition) is 1. The molecule has 4 rings (SSSR count). The van der Waals surface area contributed by atoms with Crippen molar-refractivity contribution in [2.24, 2.45) is 5.92 Å². The number of halogens is 1. The number of hydrogen-bond acceptors (Lipinski definition) is 5. The van der Waals surface area contributed by atoms with Crippen molar-refractivity contribution in [3.05, 3.63) is 70.9 Å². The van der Waals surface area contributed by atoms with E-state index in [1.807, 2.05) is 0 Å². The molecule has 3 aromatic rings. The maximum absolute atomic E-state index is 13.4. The number of amides is 1. The standard InChI is InChI=1S/C26H31FN4O2/c1-18-11-13-31(14-12-18)17-21-5-3-20(4-6-21)16-28-24(32)9-10-25-29-26(30-33-25)22-7-8-23(27)19(2)15-22/h3-8,15,18H,9-14,16-17H2,1-2H3,(H,28,32). The number of aromatic nitrogens is 2. The number of likely N-dealkylation sites (tertiary alicyclic amines) is 1. The van der Waals surface area contributed by atoms with E-state index >= 15 is 0 Å². The molecule has 0 atom stereocenters. The van der Waals surface area contributed by atoms with Crippen molar-refractivity contribution in [3.8, 4) is 11.4 Å². The highest BCUT2D eigenvalue weighted by atomic mass is 19.1. The minimum absolute atomic E-state index is 0.0705. The van der Waals surface area contributed by atoms with Gasteiger partial charge in [0.1, 0.15) is 5.82 Å². The van der Waals surface area contributed by atoms with E-state index in [2.05, 4.69) is 51.5 Å². The number of piperidine rings is 1. The predicted molar refractivity (Wildman–Crippen MR) is 125 cm³/mol. The summed E-state index contributed by atoms with van der Waals surface area (Å²) in [6.45, 7) is 7.84. The Morgan fingerprint density at radius 3 is 2.61 bits per heavy atom. The predicted octanol–water partition coefficient (Wildman–Crippen LogP) is 4.67. The van der Waals surface area contributed by atoms with Gasteiger partial charge in [0.25, 0.3) is 0 Å². The van der Waals surface area contributed by atoms with Gasteiger partial charge in [-0.25, -0.2) is 4.39 Å². The average molecular weight is 451 g/mol. The van der Waals surface area contributed by atoms with Gasteiger partial charge >= 0.3 is 0 Å². The van der Waals surface area contributed by atoms with E-state index in [-0.39, 0.29) is 18.1 Å². The van der Waals surface area contributed by atoms with Gasteiger partial charge < -0.3 is 9.84 Å². The zero-order chi connectivity index (χ0) is 23.2. The fraction of sp³-hybridized carbons (Fsp3) is 0.423. The van der Waals surface area contributed by atoms with E-state index in [0.29, 0.717) is 35.8 Å². The van der Waals surface area contributed by atoms with Crippen LogP contribution in [-0.4, -0.2) is 34.0 Å².